The lowest BCUT2D eigenvalue weighted by molar-refractivity contribution is 0.351. The van der Waals surface area contributed by atoms with Gasteiger partial charge in [-0.25, -0.2) is 0 Å². The molecule has 5 rings (SSSR count). The van der Waals surface area contributed by atoms with Gasteiger partial charge in [0.2, 0.25) is 11.5 Å². The molecule has 0 fully saturated rings. The number of phenols is 6. The van der Waals surface area contributed by atoms with Crippen LogP contribution in [0, 0.1) is 0 Å². The molecule has 0 aliphatic rings. The number of hydrogen-bond acceptors (Lipinski definition) is 6. The van der Waals surface area contributed by atoms with Gasteiger partial charge in [0.05, 0.1) is 0 Å². The Hall–Kier alpha value is -4.32. The fourth-order valence-corrected chi connectivity index (χ4v) is 4.06. The first-order valence-electron chi connectivity index (χ1n) is 9.15. The minimum absolute atomic E-state index is 0.0454. The molecule has 0 aliphatic heterocycles. The van der Waals surface area contributed by atoms with Gasteiger partial charge >= 0.3 is 0 Å². The summed E-state index contributed by atoms with van der Waals surface area (Å²) in [6, 6.07) is 17.9. The standard InChI is InChI=1S/C24H16O6/c25-16-9-8-14-13-7-6-12(11-4-2-1-3-5-11)10-15(13)18-19(17(14)20(16)26)22(28)24(30)23(29)21(18)27/h1-10,25-30H. The summed E-state index contributed by atoms with van der Waals surface area (Å²) in [4.78, 5) is 0. The summed E-state index contributed by atoms with van der Waals surface area (Å²) in [6.45, 7) is 0. The van der Waals surface area contributed by atoms with Gasteiger partial charge in [-0.3, -0.25) is 0 Å². The lowest BCUT2D eigenvalue weighted by Crippen LogP contribution is -1.88. The third-order valence-corrected chi connectivity index (χ3v) is 5.49. The first kappa shape index (κ1) is 17.8. The van der Waals surface area contributed by atoms with Crippen LogP contribution in [-0.4, -0.2) is 30.6 Å². The Balaban J connectivity index is 2.10. The highest BCUT2D eigenvalue weighted by molar-refractivity contribution is 6.31. The largest absolute Gasteiger partial charge is 0.504 e. The molecule has 0 bridgehead atoms. The van der Waals surface area contributed by atoms with Crippen LogP contribution in [0.2, 0.25) is 0 Å². The molecule has 5 aromatic rings. The van der Waals surface area contributed by atoms with Crippen LogP contribution in [0.25, 0.3) is 43.4 Å². The molecule has 6 nitrogen and oxygen atoms in total. The molecule has 6 N–H and O–H groups in total. The van der Waals surface area contributed by atoms with Crippen LogP contribution in [0.3, 0.4) is 0 Å². The zero-order valence-electron chi connectivity index (χ0n) is 15.5. The lowest BCUT2D eigenvalue weighted by Gasteiger charge is -2.17. The second-order valence-electron chi connectivity index (χ2n) is 7.13. The van der Waals surface area contributed by atoms with E-state index < -0.39 is 34.5 Å². The monoisotopic (exact) mass is 400 g/mol. The average Bonchev–Trinajstić information content (AvgIpc) is 2.77. The van der Waals surface area contributed by atoms with Crippen LogP contribution < -0.4 is 0 Å². The van der Waals surface area contributed by atoms with E-state index >= 15 is 0 Å². The SMILES string of the molecule is Oc1ccc2c3ccc(-c4ccccc4)cc3c3c(O)c(O)c(O)c(O)c3c2c1O. The number of benzene rings is 5. The van der Waals surface area contributed by atoms with Crippen LogP contribution in [0.4, 0.5) is 0 Å². The maximum absolute atomic E-state index is 10.7. The van der Waals surface area contributed by atoms with Crippen molar-refractivity contribution in [3.63, 3.8) is 0 Å². The van der Waals surface area contributed by atoms with Gasteiger partial charge in [-0.05, 0) is 45.5 Å². The Morgan fingerprint density at radius 1 is 0.400 bits per heavy atom. The van der Waals surface area contributed by atoms with Gasteiger partial charge < -0.3 is 30.6 Å². The molecule has 6 heteroatoms. The average molecular weight is 400 g/mol. The molecular weight excluding hydrogens is 384 g/mol. The third kappa shape index (κ3) is 2.24. The fraction of sp³-hybridized carbons (Fsp3) is 0. The van der Waals surface area contributed by atoms with E-state index in [1.807, 2.05) is 36.4 Å². The van der Waals surface area contributed by atoms with Gasteiger partial charge in [-0.15, -0.1) is 0 Å². The van der Waals surface area contributed by atoms with E-state index in [2.05, 4.69) is 0 Å². The summed E-state index contributed by atoms with van der Waals surface area (Å²) in [5.41, 5.74) is 1.76. The molecular formula is C24H16O6. The van der Waals surface area contributed by atoms with Crippen LogP contribution in [-0.2, 0) is 0 Å². The summed E-state index contributed by atoms with van der Waals surface area (Å²) in [7, 11) is 0. The molecule has 0 amide bonds. The first-order chi connectivity index (χ1) is 14.4. The van der Waals surface area contributed by atoms with Crippen molar-refractivity contribution in [3.8, 4) is 45.6 Å². The van der Waals surface area contributed by atoms with Crippen LogP contribution >= 0.6 is 0 Å². The second-order valence-corrected chi connectivity index (χ2v) is 7.13. The van der Waals surface area contributed by atoms with Gasteiger partial charge in [-0.2, -0.15) is 0 Å². The van der Waals surface area contributed by atoms with E-state index in [0.29, 0.717) is 16.2 Å². The molecule has 0 spiro atoms. The highest BCUT2D eigenvalue weighted by atomic mass is 16.3. The van der Waals surface area contributed by atoms with Crippen LogP contribution in [0.1, 0.15) is 0 Å². The molecule has 5 aromatic carbocycles. The molecule has 30 heavy (non-hydrogen) atoms. The van der Waals surface area contributed by atoms with Gasteiger partial charge in [0.1, 0.15) is 0 Å². The molecule has 0 atom stereocenters. The van der Waals surface area contributed by atoms with Gasteiger partial charge in [0.15, 0.2) is 23.0 Å². The van der Waals surface area contributed by atoms with Gasteiger partial charge in [0, 0.05) is 16.2 Å². The first-order valence-corrected chi connectivity index (χ1v) is 9.15. The van der Waals surface area contributed by atoms with E-state index in [1.54, 1.807) is 18.2 Å². The highest BCUT2D eigenvalue weighted by Crippen LogP contribution is 2.55. The smallest absolute Gasteiger partial charge is 0.204 e. The van der Waals surface area contributed by atoms with Crippen molar-refractivity contribution in [2.75, 3.05) is 0 Å². The minimum Gasteiger partial charge on any atom is -0.504 e. The summed E-state index contributed by atoms with van der Waals surface area (Å²) >= 11 is 0. The molecule has 0 radical (unpaired) electrons. The van der Waals surface area contributed by atoms with E-state index in [0.717, 1.165) is 11.1 Å². The fourth-order valence-electron chi connectivity index (χ4n) is 4.06. The van der Waals surface area contributed by atoms with Crippen molar-refractivity contribution < 1.29 is 30.6 Å². The van der Waals surface area contributed by atoms with Gasteiger partial charge in [-0.1, -0.05) is 42.5 Å². The molecule has 0 heterocycles. The van der Waals surface area contributed by atoms with E-state index in [9.17, 15) is 30.6 Å². The zero-order chi connectivity index (χ0) is 21.2. The van der Waals surface area contributed by atoms with Crippen molar-refractivity contribution in [3.05, 3.63) is 60.7 Å². The predicted molar refractivity (Wildman–Crippen MR) is 114 cm³/mol. The Morgan fingerprint density at radius 3 is 1.70 bits per heavy atom. The quantitative estimate of drug-likeness (QED) is 0.133. The van der Waals surface area contributed by atoms with Crippen molar-refractivity contribution in [1.29, 1.82) is 0 Å². The van der Waals surface area contributed by atoms with Crippen molar-refractivity contribution in [2.24, 2.45) is 0 Å². The molecule has 0 aliphatic carbocycles. The van der Waals surface area contributed by atoms with E-state index in [-0.39, 0.29) is 16.2 Å². The maximum Gasteiger partial charge on any atom is 0.204 e. The number of aromatic hydroxyl groups is 6. The van der Waals surface area contributed by atoms with Crippen molar-refractivity contribution >= 4 is 32.3 Å². The highest BCUT2D eigenvalue weighted by Gasteiger charge is 2.25. The maximum atomic E-state index is 10.7. The van der Waals surface area contributed by atoms with Crippen LogP contribution in [0.15, 0.2) is 60.7 Å². The Bertz CT molecular complexity index is 1490. The Morgan fingerprint density at radius 2 is 1.00 bits per heavy atom. The van der Waals surface area contributed by atoms with Crippen molar-refractivity contribution in [2.45, 2.75) is 0 Å². The van der Waals surface area contributed by atoms with E-state index in [4.69, 9.17) is 0 Å². The third-order valence-electron chi connectivity index (χ3n) is 5.49. The summed E-state index contributed by atoms with van der Waals surface area (Å²) in [5.74, 6) is -4.06. The normalized spacial score (nSPS) is 11.5. The number of fused-ring (bicyclic) bond motifs is 6. The summed E-state index contributed by atoms with van der Waals surface area (Å²) in [6.07, 6.45) is 0. The topological polar surface area (TPSA) is 121 Å². The molecule has 0 saturated carbocycles. The Kier molecular flexibility index (Phi) is 3.60. The van der Waals surface area contributed by atoms with E-state index in [1.165, 1.54) is 6.07 Å². The molecule has 148 valence electrons. The summed E-state index contributed by atoms with van der Waals surface area (Å²) < 4.78 is 0. The van der Waals surface area contributed by atoms with Crippen LogP contribution in [0.5, 0.6) is 34.5 Å². The minimum atomic E-state index is -0.914. The number of rotatable bonds is 1. The lowest BCUT2D eigenvalue weighted by atomic mass is 9.90. The second kappa shape index (κ2) is 6.09. The predicted octanol–water partition coefficient (Wildman–Crippen LogP) is 5.05. The zero-order valence-corrected chi connectivity index (χ0v) is 15.5. The van der Waals surface area contributed by atoms with Crippen molar-refractivity contribution in [1.82, 2.24) is 0 Å². The number of hydrogen-bond donors (Lipinski definition) is 6. The molecule has 0 saturated heterocycles. The Labute approximate surface area is 169 Å². The number of phenolic OH excluding ortho intramolecular Hbond substituents is 6. The van der Waals surface area contributed by atoms with Gasteiger partial charge in [0.25, 0.3) is 0 Å². The molecule has 0 unspecified atom stereocenters. The summed E-state index contributed by atoms with van der Waals surface area (Å²) in [5, 5.41) is 63.7. The molecule has 0 aromatic heterocycles.